The van der Waals surface area contributed by atoms with Gasteiger partial charge in [0.1, 0.15) is 10.4 Å². The number of carbonyl (C=O) groups excluding carboxylic acids is 2. The molecule has 3 rings (SSSR count). The van der Waals surface area contributed by atoms with E-state index in [0.717, 1.165) is 16.7 Å². The monoisotopic (exact) mass is 422 g/mol. The highest BCUT2D eigenvalue weighted by atomic mass is 32.2. The average molecular weight is 423 g/mol. The molecule has 4 nitrogen and oxygen atoms in total. The number of anilines is 1. The number of amides is 2. The van der Waals surface area contributed by atoms with Gasteiger partial charge in [-0.15, -0.1) is 0 Å². The fourth-order valence-corrected chi connectivity index (χ4v) is 4.43. The van der Waals surface area contributed by atoms with Crippen LogP contribution in [0.3, 0.4) is 0 Å². The fourth-order valence-electron chi connectivity index (χ4n) is 2.96. The van der Waals surface area contributed by atoms with Gasteiger partial charge in [0.05, 0.1) is 4.91 Å². The van der Waals surface area contributed by atoms with Crippen LogP contribution in [0.25, 0.3) is 6.08 Å². The summed E-state index contributed by atoms with van der Waals surface area (Å²) in [6, 6.07) is 16.7. The third-order valence-electron chi connectivity index (χ3n) is 4.43. The van der Waals surface area contributed by atoms with Crippen molar-refractivity contribution in [1.29, 1.82) is 0 Å². The van der Waals surface area contributed by atoms with Crippen LogP contribution < -0.4 is 5.32 Å². The van der Waals surface area contributed by atoms with Crippen LogP contribution in [0.1, 0.15) is 25.0 Å². The number of hydrogen-bond donors (Lipinski definition) is 1. The lowest BCUT2D eigenvalue weighted by Gasteiger charge is -2.22. The second-order valence-corrected chi connectivity index (χ2v) is 8.56. The number of aryl methyl sites for hydroxylation is 1. The molecule has 1 atom stereocenters. The van der Waals surface area contributed by atoms with Crippen LogP contribution >= 0.6 is 24.0 Å². The summed E-state index contributed by atoms with van der Waals surface area (Å²) >= 11 is 6.61. The minimum atomic E-state index is -0.702. The number of nitrogens with one attached hydrogen (secondary N) is 1. The third-order valence-corrected chi connectivity index (χ3v) is 5.76. The molecule has 0 saturated carbocycles. The summed E-state index contributed by atoms with van der Waals surface area (Å²) in [7, 11) is 0. The molecular weight excluding hydrogens is 400 g/mol. The number of benzene rings is 2. The highest BCUT2D eigenvalue weighted by Crippen LogP contribution is 2.33. The van der Waals surface area contributed by atoms with Gasteiger partial charge < -0.3 is 5.32 Å². The van der Waals surface area contributed by atoms with Crippen molar-refractivity contribution in [1.82, 2.24) is 4.90 Å². The van der Waals surface area contributed by atoms with Gasteiger partial charge in [0.15, 0.2) is 0 Å². The Hall–Kier alpha value is -2.70. The Balaban J connectivity index is 1.74. The van der Waals surface area contributed by atoms with Crippen LogP contribution in [0.2, 0.25) is 0 Å². The Bertz CT molecular complexity index is 1010. The van der Waals surface area contributed by atoms with Crippen LogP contribution in [0, 0.1) is 6.92 Å². The van der Waals surface area contributed by atoms with E-state index in [4.69, 9.17) is 12.2 Å². The van der Waals surface area contributed by atoms with E-state index >= 15 is 0 Å². The number of hydrogen-bond acceptors (Lipinski definition) is 4. The van der Waals surface area contributed by atoms with Crippen LogP contribution in [0.15, 0.2) is 71.2 Å². The van der Waals surface area contributed by atoms with Crippen molar-refractivity contribution < 1.29 is 9.59 Å². The zero-order chi connectivity index (χ0) is 21.0. The van der Waals surface area contributed by atoms with Gasteiger partial charge in [0, 0.05) is 5.69 Å². The number of carbonyl (C=O) groups is 2. The van der Waals surface area contributed by atoms with Crippen molar-refractivity contribution >= 4 is 51.9 Å². The van der Waals surface area contributed by atoms with E-state index in [2.05, 4.69) is 5.32 Å². The van der Waals surface area contributed by atoms with Crippen molar-refractivity contribution in [2.45, 2.75) is 26.8 Å². The van der Waals surface area contributed by atoms with E-state index in [-0.39, 0.29) is 11.8 Å². The van der Waals surface area contributed by atoms with Crippen molar-refractivity contribution in [3.05, 3.63) is 82.3 Å². The van der Waals surface area contributed by atoms with E-state index in [1.807, 2.05) is 80.6 Å². The van der Waals surface area contributed by atoms with E-state index in [1.165, 1.54) is 16.7 Å². The molecule has 148 valence electrons. The first-order chi connectivity index (χ1) is 13.8. The molecule has 2 aromatic rings. The Labute approximate surface area is 180 Å². The van der Waals surface area contributed by atoms with Gasteiger partial charge in [-0.25, -0.2) is 0 Å². The predicted octanol–water partition coefficient (Wildman–Crippen LogP) is 5.17. The summed E-state index contributed by atoms with van der Waals surface area (Å²) in [4.78, 5) is 27.5. The van der Waals surface area contributed by atoms with Crippen molar-refractivity contribution in [2.24, 2.45) is 0 Å². The quantitative estimate of drug-likeness (QED) is 0.533. The summed E-state index contributed by atoms with van der Waals surface area (Å²) in [5.74, 6) is -0.516. The molecule has 1 fully saturated rings. The van der Waals surface area contributed by atoms with Crippen LogP contribution in [-0.4, -0.2) is 27.1 Å². The molecule has 1 aliphatic heterocycles. The number of allylic oxidation sites excluding steroid dienone is 2. The van der Waals surface area contributed by atoms with Crippen molar-refractivity contribution in [2.75, 3.05) is 5.32 Å². The van der Waals surface area contributed by atoms with E-state index in [0.29, 0.717) is 14.9 Å². The summed E-state index contributed by atoms with van der Waals surface area (Å²) in [6.45, 7) is 5.58. The number of thioether (sulfide) groups is 1. The third kappa shape index (κ3) is 5.22. The van der Waals surface area contributed by atoms with Crippen molar-refractivity contribution in [3.8, 4) is 0 Å². The fraction of sp³-hybridized carbons (Fsp3) is 0.174. The Morgan fingerprint density at radius 2 is 1.90 bits per heavy atom. The van der Waals surface area contributed by atoms with Gasteiger partial charge >= 0.3 is 0 Å². The maximum atomic E-state index is 12.9. The molecule has 0 bridgehead atoms. The minimum Gasteiger partial charge on any atom is -0.324 e. The average Bonchev–Trinajstić information content (AvgIpc) is 2.95. The molecule has 29 heavy (non-hydrogen) atoms. The molecular formula is C23H22N2O2S2. The lowest BCUT2D eigenvalue weighted by molar-refractivity contribution is -0.129. The van der Waals surface area contributed by atoms with E-state index in [1.54, 1.807) is 6.92 Å². The molecule has 1 N–H and O–H groups in total. The molecule has 1 heterocycles. The molecule has 0 spiro atoms. The number of nitrogens with zero attached hydrogens (tertiary/aromatic N) is 1. The molecule has 2 aromatic carbocycles. The second-order valence-electron chi connectivity index (χ2n) is 6.89. The number of rotatable bonds is 5. The zero-order valence-corrected chi connectivity index (χ0v) is 18.1. The maximum Gasteiger partial charge on any atom is 0.266 e. The molecule has 0 radical (unpaired) electrons. The molecule has 0 aliphatic carbocycles. The Kier molecular flexibility index (Phi) is 6.67. The summed E-state index contributed by atoms with van der Waals surface area (Å²) < 4.78 is 0.389. The first-order valence-electron chi connectivity index (χ1n) is 9.23. The van der Waals surface area contributed by atoms with Gasteiger partial charge in [-0.2, -0.15) is 0 Å². The highest BCUT2D eigenvalue weighted by Gasteiger charge is 2.38. The van der Waals surface area contributed by atoms with E-state index in [9.17, 15) is 9.59 Å². The lowest BCUT2D eigenvalue weighted by Crippen LogP contribution is -2.44. The minimum absolute atomic E-state index is 0.243. The van der Waals surface area contributed by atoms with Crippen LogP contribution in [0.5, 0.6) is 0 Å². The van der Waals surface area contributed by atoms with E-state index < -0.39 is 6.04 Å². The second kappa shape index (κ2) is 9.20. The molecule has 1 aliphatic rings. The molecule has 6 heteroatoms. The van der Waals surface area contributed by atoms with Gasteiger partial charge in [0.2, 0.25) is 5.91 Å². The lowest BCUT2D eigenvalue weighted by atomic mass is 10.1. The van der Waals surface area contributed by atoms with Crippen LogP contribution in [0.4, 0.5) is 5.69 Å². The Morgan fingerprint density at radius 3 is 2.59 bits per heavy atom. The first kappa shape index (κ1) is 21.0. The van der Waals surface area contributed by atoms with Gasteiger partial charge in [-0.3, -0.25) is 14.5 Å². The normalized spacial score (nSPS) is 17.0. The summed E-state index contributed by atoms with van der Waals surface area (Å²) in [5.41, 5.74) is 3.74. The van der Waals surface area contributed by atoms with Gasteiger partial charge in [-0.1, -0.05) is 72.5 Å². The predicted molar refractivity (Wildman–Crippen MR) is 124 cm³/mol. The first-order valence-corrected chi connectivity index (χ1v) is 10.5. The largest absolute Gasteiger partial charge is 0.324 e. The molecule has 1 unspecified atom stereocenters. The standard InChI is InChI=1S/C23H22N2O2S2/c1-15-8-7-11-19(13-15)24-21(26)17(3)25-22(27)20(29-23(25)28)14-16(2)12-18-9-5-4-6-10-18/h4-14,17H,1-3H3,(H,24,26)/b16-12+,20-14-. The van der Waals surface area contributed by atoms with Crippen LogP contribution in [-0.2, 0) is 9.59 Å². The smallest absolute Gasteiger partial charge is 0.266 e. The Morgan fingerprint density at radius 1 is 1.17 bits per heavy atom. The SMILES string of the molecule is CC(/C=C1\SC(=S)N(C(C)C(=O)Nc2cccc(C)c2)C1=O)=C\c1ccccc1. The summed E-state index contributed by atoms with van der Waals surface area (Å²) in [6.07, 6.45) is 3.82. The molecule has 2 amide bonds. The van der Waals surface area contributed by atoms with Gasteiger partial charge in [0.25, 0.3) is 5.91 Å². The topological polar surface area (TPSA) is 49.4 Å². The molecule has 1 saturated heterocycles. The molecule has 0 aromatic heterocycles. The maximum absolute atomic E-state index is 12.9. The van der Waals surface area contributed by atoms with Crippen molar-refractivity contribution in [3.63, 3.8) is 0 Å². The highest BCUT2D eigenvalue weighted by molar-refractivity contribution is 8.26. The zero-order valence-electron chi connectivity index (χ0n) is 16.5. The number of thiocarbonyl (C=S) groups is 1. The van der Waals surface area contributed by atoms with Gasteiger partial charge in [-0.05, 0) is 55.7 Å². The summed E-state index contributed by atoms with van der Waals surface area (Å²) in [5, 5.41) is 2.86.